The van der Waals surface area contributed by atoms with Crippen LogP contribution >= 0.6 is 0 Å². The molecule has 6 heteroatoms. The van der Waals surface area contributed by atoms with Gasteiger partial charge in [-0.2, -0.15) is 0 Å². The lowest BCUT2D eigenvalue weighted by molar-refractivity contribution is -0.276. The summed E-state index contributed by atoms with van der Waals surface area (Å²) in [5.41, 5.74) is 0.0786. The Morgan fingerprint density at radius 2 is 1.87 bits per heavy atom. The van der Waals surface area contributed by atoms with E-state index in [9.17, 15) is 17.6 Å². The topological polar surface area (TPSA) is 18.5 Å². The van der Waals surface area contributed by atoms with E-state index in [1.165, 1.54) is 18.2 Å². The van der Waals surface area contributed by atoms with E-state index in [0.29, 0.717) is 11.8 Å². The Kier molecular flexibility index (Phi) is 4.50. The van der Waals surface area contributed by atoms with Gasteiger partial charge in [0.05, 0.1) is 6.61 Å². The second-order valence-corrected chi connectivity index (χ2v) is 6.15. The highest BCUT2D eigenvalue weighted by molar-refractivity contribution is 5.57. The SMILES string of the molecule is Fc1c(/C=C/C2CCC2)ccc(OCC2CC2)c1OC(F)(F)F. The van der Waals surface area contributed by atoms with Crippen molar-refractivity contribution in [2.24, 2.45) is 11.8 Å². The molecule has 0 atom stereocenters. The van der Waals surface area contributed by atoms with Gasteiger partial charge in [0.25, 0.3) is 0 Å². The lowest BCUT2D eigenvalue weighted by Gasteiger charge is -2.21. The standard InChI is InChI=1S/C17H18F4O2/c18-15-13(7-6-11-2-1-3-11)8-9-14(22-10-12-4-5-12)16(15)23-17(19,20)21/h6-9,11-12H,1-5,10H2/b7-6+. The molecule has 126 valence electrons. The third-order valence-electron chi connectivity index (χ3n) is 4.18. The van der Waals surface area contributed by atoms with Gasteiger partial charge in [-0.1, -0.05) is 18.6 Å². The number of hydrogen-bond donors (Lipinski definition) is 0. The molecule has 0 N–H and O–H groups in total. The zero-order valence-electron chi connectivity index (χ0n) is 12.5. The lowest BCUT2D eigenvalue weighted by atomic mass is 9.85. The summed E-state index contributed by atoms with van der Waals surface area (Å²) in [6.45, 7) is 0.283. The summed E-state index contributed by atoms with van der Waals surface area (Å²) in [5.74, 6) is -1.39. The third-order valence-corrected chi connectivity index (χ3v) is 4.18. The van der Waals surface area contributed by atoms with E-state index in [2.05, 4.69) is 4.74 Å². The van der Waals surface area contributed by atoms with Crippen molar-refractivity contribution in [1.82, 2.24) is 0 Å². The number of rotatable bonds is 6. The normalized spacial score (nSPS) is 19.0. The number of hydrogen-bond acceptors (Lipinski definition) is 2. The zero-order chi connectivity index (χ0) is 16.4. The Morgan fingerprint density at radius 3 is 2.43 bits per heavy atom. The van der Waals surface area contributed by atoms with Gasteiger partial charge in [0, 0.05) is 5.56 Å². The quantitative estimate of drug-likeness (QED) is 0.657. The summed E-state index contributed by atoms with van der Waals surface area (Å²) in [6, 6.07) is 2.77. The van der Waals surface area contributed by atoms with Crippen LogP contribution < -0.4 is 9.47 Å². The molecule has 1 aromatic carbocycles. The van der Waals surface area contributed by atoms with Crippen molar-refractivity contribution >= 4 is 6.08 Å². The van der Waals surface area contributed by atoms with Gasteiger partial charge in [-0.05, 0) is 49.7 Å². The maximum absolute atomic E-state index is 14.4. The molecule has 0 aromatic heterocycles. The molecule has 0 radical (unpaired) electrons. The highest BCUT2D eigenvalue weighted by Gasteiger charge is 2.35. The fourth-order valence-corrected chi connectivity index (χ4v) is 2.37. The predicted octanol–water partition coefficient (Wildman–Crippen LogP) is 5.33. The van der Waals surface area contributed by atoms with Crippen LogP contribution in [0.1, 0.15) is 37.7 Å². The summed E-state index contributed by atoms with van der Waals surface area (Å²) in [5, 5.41) is 0. The first-order valence-electron chi connectivity index (χ1n) is 7.81. The van der Waals surface area contributed by atoms with Crippen LogP contribution in [0.4, 0.5) is 17.6 Å². The smallest absolute Gasteiger partial charge is 0.489 e. The molecule has 2 nitrogen and oxygen atoms in total. The van der Waals surface area contributed by atoms with Gasteiger partial charge in [0.2, 0.25) is 5.75 Å². The second-order valence-electron chi connectivity index (χ2n) is 6.15. The molecule has 0 aliphatic heterocycles. The molecule has 23 heavy (non-hydrogen) atoms. The predicted molar refractivity (Wildman–Crippen MR) is 77.7 cm³/mol. The summed E-state index contributed by atoms with van der Waals surface area (Å²) >= 11 is 0. The van der Waals surface area contributed by atoms with Crippen molar-refractivity contribution in [3.8, 4) is 11.5 Å². The Morgan fingerprint density at radius 1 is 1.13 bits per heavy atom. The highest BCUT2D eigenvalue weighted by Crippen LogP contribution is 2.39. The first-order chi connectivity index (χ1) is 10.9. The van der Waals surface area contributed by atoms with Crippen molar-refractivity contribution in [3.63, 3.8) is 0 Å². The number of allylic oxidation sites excluding steroid dienone is 1. The summed E-state index contributed by atoms with van der Waals surface area (Å²) in [7, 11) is 0. The van der Waals surface area contributed by atoms with Gasteiger partial charge >= 0.3 is 6.36 Å². The minimum atomic E-state index is -4.96. The molecule has 0 bridgehead atoms. The van der Waals surface area contributed by atoms with Crippen LogP contribution in [0.25, 0.3) is 6.08 Å². The Balaban J connectivity index is 1.82. The molecule has 1 aromatic rings. The third kappa shape index (κ3) is 4.39. The van der Waals surface area contributed by atoms with E-state index in [1.807, 2.05) is 6.08 Å². The lowest BCUT2D eigenvalue weighted by Crippen LogP contribution is -2.19. The van der Waals surface area contributed by atoms with Crippen molar-refractivity contribution in [2.75, 3.05) is 6.61 Å². The molecule has 2 aliphatic rings. The molecule has 0 saturated heterocycles. The Hall–Kier alpha value is -1.72. The monoisotopic (exact) mass is 330 g/mol. The van der Waals surface area contributed by atoms with E-state index >= 15 is 0 Å². The zero-order valence-corrected chi connectivity index (χ0v) is 12.5. The number of alkyl halides is 3. The molecule has 3 rings (SSSR count). The molecular weight excluding hydrogens is 312 g/mol. The molecule has 2 fully saturated rings. The largest absolute Gasteiger partial charge is 0.573 e. The molecule has 0 amide bonds. The fourth-order valence-electron chi connectivity index (χ4n) is 2.37. The first-order valence-corrected chi connectivity index (χ1v) is 7.81. The van der Waals surface area contributed by atoms with Crippen molar-refractivity contribution < 1.29 is 27.0 Å². The van der Waals surface area contributed by atoms with Crippen LogP contribution in [0.3, 0.4) is 0 Å². The molecule has 0 spiro atoms. The maximum atomic E-state index is 14.4. The minimum absolute atomic E-state index is 0.0786. The highest BCUT2D eigenvalue weighted by atomic mass is 19.4. The molecule has 0 heterocycles. The Bertz CT molecular complexity index is 587. The minimum Gasteiger partial charge on any atom is -0.489 e. The molecule has 2 aliphatic carbocycles. The second kappa shape index (κ2) is 6.42. The van der Waals surface area contributed by atoms with Crippen LogP contribution in [0, 0.1) is 17.7 Å². The van der Waals surface area contributed by atoms with E-state index in [0.717, 1.165) is 32.1 Å². The van der Waals surface area contributed by atoms with Gasteiger partial charge in [-0.3, -0.25) is 0 Å². The fraction of sp³-hybridized carbons (Fsp3) is 0.529. The van der Waals surface area contributed by atoms with Crippen LogP contribution in [-0.4, -0.2) is 13.0 Å². The number of benzene rings is 1. The van der Waals surface area contributed by atoms with E-state index < -0.39 is 17.9 Å². The van der Waals surface area contributed by atoms with E-state index in [4.69, 9.17) is 4.74 Å². The number of ether oxygens (including phenoxy) is 2. The van der Waals surface area contributed by atoms with Crippen LogP contribution in [0.2, 0.25) is 0 Å². The van der Waals surface area contributed by atoms with Crippen molar-refractivity contribution in [1.29, 1.82) is 0 Å². The van der Waals surface area contributed by atoms with E-state index in [-0.39, 0.29) is 17.9 Å². The van der Waals surface area contributed by atoms with Crippen molar-refractivity contribution in [2.45, 2.75) is 38.5 Å². The molecule has 2 saturated carbocycles. The van der Waals surface area contributed by atoms with Gasteiger partial charge in [0.1, 0.15) is 0 Å². The van der Waals surface area contributed by atoms with Crippen LogP contribution in [0.15, 0.2) is 18.2 Å². The Labute approximate surface area is 132 Å². The molecular formula is C17H18F4O2. The average Bonchev–Trinajstić information content (AvgIpc) is 3.22. The summed E-state index contributed by atoms with van der Waals surface area (Å²) in [4.78, 5) is 0. The van der Waals surface area contributed by atoms with Crippen molar-refractivity contribution in [3.05, 3.63) is 29.6 Å². The van der Waals surface area contributed by atoms with Crippen LogP contribution in [0.5, 0.6) is 11.5 Å². The summed E-state index contributed by atoms with van der Waals surface area (Å²) in [6.07, 6.45) is 3.57. The van der Waals surface area contributed by atoms with Gasteiger partial charge < -0.3 is 9.47 Å². The molecule has 0 unspecified atom stereocenters. The maximum Gasteiger partial charge on any atom is 0.573 e. The van der Waals surface area contributed by atoms with E-state index in [1.54, 1.807) is 0 Å². The number of halogens is 4. The van der Waals surface area contributed by atoms with Gasteiger partial charge in [0.15, 0.2) is 11.6 Å². The summed E-state index contributed by atoms with van der Waals surface area (Å²) < 4.78 is 61.3. The van der Waals surface area contributed by atoms with Gasteiger partial charge in [-0.15, -0.1) is 13.2 Å². The average molecular weight is 330 g/mol. The van der Waals surface area contributed by atoms with Gasteiger partial charge in [-0.25, -0.2) is 4.39 Å². The van der Waals surface area contributed by atoms with Crippen LogP contribution in [-0.2, 0) is 0 Å². The first kappa shape index (κ1) is 16.1.